The highest BCUT2D eigenvalue weighted by molar-refractivity contribution is 7.16. The van der Waals surface area contributed by atoms with Gasteiger partial charge in [0, 0.05) is 18.0 Å². The van der Waals surface area contributed by atoms with Gasteiger partial charge in [0.1, 0.15) is 0 Å². The van der Waals surface area contributed by atoms with E-state index in [1.54, 1.807) is 0 Å². The van der Waals surface area contributed by atoms with Gasteiger partial charge in [-0.25, -0.2) is 4.79 Å². The molecule has 1 heterocycles. The molecule has 3 nitrogen and oxygen atoms in total. The summed E-state index contributed by atoms with van der Waals surface area (Å²) >= 11 is 7.46. The van der Waals surface area contributed by atoms with Gasteiger partial charge in [0.25, 0.3) is 0 Å². The summed E-state index contributed by atoms with van der Waals surface area (Å²) in [5, 5.41) is 3.03. The largest absolute Gasteiger partial charge is 0.338 e. The number of amides is 2. The number of urea groups is 1. The number of hydrogen-bond donors (Lipinski definition) is 1. The van der Waals surface area contributed by atoms with Crippen LogP contribution in [0.15, 0.2) is 23.8 Å². The van der Waals surface area contributed by atoms with Gasteiger partial charge < -0.3 is 10.2 Å². The Morgan fingerprint density at radius 1 is 1.43 bits per heavy atom. The van der Waals surface area contributed by atoms with E-state index < -0.39 is 0 Å². The first-order valence-corrected chi connectivity index (χ1v) is 8.83. The van der Waals surface area contributed by atoms with Gasteiger partial charge in [0.2, 0.25) is 0 Å². The van der Waals surface area contributed by atoms with Crippen LogP contribution in [0.4, 0.5) is 4.79 Å². The highest BCUT2D eigenvalue weighted by Crippen LogP contribution is 2.23. The van der Waals surface area contributed by atoms with Crippen LogP contribution in [0.2, 0.25) is 4.34 Å². The normalized spacial score (nSPS) is 14.7. The summed E-state index contributed by atoms with van der Waals surface area (Å²) in [7, 11) is 0. The highest BCUT2D eigenvalue weighted by atomic mass is 35.5. The molecular weight excluding hydrogens is 304 g/mol. The Balaban J connectivity index is 1.75. The first-order valence-electron chi connectivity index (χ1n) is 7.64. The van der Waals surface area contributed by atoms with E-state index in [0.717, 1.165) is 22.2 Å². The summed E-state index contributed by atoms with van der Waals surface area (Å²) < 4.78 is 0.769. The second-order valence-electron chi connectivity index (χ2n) is 5.31. The van der Waals surface area contributed by atoms with Crippen LogP contribution in [-0.4, -0.2) is 24.0 Å². The van der Waals surface area contributed by atoms with Crippen molar-refractivity contribution < 1.29 is 4.79 Å². The molecule has 1 aromatic rings. The lowest BCUT2D eigenvalue weighted by atomic mass is 9.97. The third-order valence-corrected chi connectivity index (χ3v) is 4.97. The Morgan fingerprint density at radius 2 is 2.29 bits per heavy atom. The zero-order valence-corrected chi connectivity index (χ0v) is 14.1. The molecule has 1 aromatic heterocycles. The lowest BCUT2D eigenvalue weighted by Crippen LogP contribution is -2.39. The number of carbonyl (C=O) groups excluding carboxylic acids is 1. The molecular formula is C16H23ClN2OS. The van der Waals surface area contributed by atoms with Crippen molar-refractivity contribution in [3.05, 3.63) is 33.0 Å². The number of thiophene rings is 1. The molecule has 0 aliphatic heterocycles. The fourth-order valence-electron chi connectivity index (χ4n) is 2.53. The SMILES string of the molecule is CCN(Cc1ccc(Cl)s1)C(=O)NCCC1=CCCCC1. The molecule has 1 N–H and O–H groups in total. The number of halogens is 1. The zero-order chi connectivity index (χ0) is 15.1. The number of nitrogens with one attached hydrogen (secondary N) is 1. The average molecular weight is 327 g/mol. The number of hydrogen-bond acceptors (Lipinski definition) is 2. The molecule has 2 rings (SSSR count). The fourth-order valence-corrected chi connectivity index (χ4v) is 3.63. The van der Waals surface area contributed by atoms with Crippen LogP contribution >= 0.6 is 22.9 Å². The lowest BCUT2D eigenvalue weighted by molar-refractivity contribution is 0.198. The number of carbonyl (C=O) groups is 1. The van der Waals surface area contributed by atoms with E-state index >= 15 is 0 Å². The molecule has 2 amide bonds. The summed E-state index contributed by atoms with van der Waals surface area (Å²) in [6.45, 7) is 4.05. The number of rotatable bonds is 6. The molecule has 0 atom stereocenters. The number of nitrogens with zero attached hydrogens (tertiary/aromatic N) is 1. The molecule has 0 saturated heterocycles. The molecule has 1 aliphatic rings. The molecule has 0 aromatic carbocycles. The standard InChI is InChI=1S/C16H23ClN2OS/c1-2-19(12-14-8-9-15(17)21-14)16(20)18-11-10-13-6-4-3-5-7-13/h6,8-9H,2-5,7,10-12H2,1H3,(H,18,20). The maximum atomic E-state index is 12.2. The smallest absolute Gasteiger partial charge is 0.317 e. The van der Waals surface area contributed by atoms with Crippen molar-refractivity contribution in [2.24, 2.45) is 0 Å². The third kappa shape index (κ3) is 5.36. The first-order chi connectivity index (χ1) is 10.2. The Hall–Kier alpha value is -1.00. The molecule has 21 heavy (non-hydrogen) atoms. The topological polar surface area (TPSA) is 32.3 Å². The van der Waals surface area contributed by atoms with E-state index in [1.165, 1.54) is 42.6 Å². The Bertz CT molecular complexity index is 498. The molecule has 116 valence electrons. The molecule has 0 unspecified atom stereocenters. The molecule has 0 fully saturated rings. The monoisotopic (exact) mass is 326 g/mol. The summed E-state index contributed by atoms with van der Waals surface area (Å²) in [4.78, 5) is 15.1. The summed E-state index contributed by atoms with van der Waals surface area (Å²) in [6.07, 6.45) is 8.31. The lowest BCUT2D eigenvalue weighted by Gasteiger charge is -2.21. The van der Waals surface area contributed by atoms with E-state index in [1.807, 2.05) is 24.0 Å². The van der Waals surface area contributed by atoms with Crippen LogP contribution in [0.5, 0.6) is 0 Å². The summed E-state index contributed by atoms with van der Waals surface area (Å²) in [5.74, 6) is 0. The van der Waals surface area contributed by atoms with E-state index in [2.05, 4.69) is 11.4 Å². The van der Waals surface area contributed by atoms with Crippen molar-refractivity contribution >= 4 is 29.0 Å². The van der Waals surface area contributed by atoms with E-state index in [0.29, 0.717) is 13.1 Å². The summed E-state index contributed by atoms with van der Waals surface area (Å²) in [5.41, 5.74) is 1.50. The Morgan fingerprint density at radius 3 is 2.90 bits per heavy atom. The van der Waals surface area contributed by atoms with Gasteiger partial charge in [0.15, 0.2) is 0 Å². The van der Waals surface area contributed by atoms with E-state index in [-0.39, 0.29) is 6.03 Å². The quantitative estimate of drug-likeness (QED) is 0.746. The highest BCUT2D eigenvalue weighted by Gasteiger charge is 2.13. The van der Waals surface area contributed by atoms with Crippen molar-refractivity contribution in [3.63, 3.8) is 0 Å². The zero-order valence-electron chi connectivity index (χ0n) is 12.5. The minimum Gasteiger partial charge on any atom is -0.338 e. The third-order valence-electron chi connectivity index (χ3n) is 3.75. The van der Waals surface area contributed by atoms with Gasteiger partial charge in [-0.1, -0.05) is 23.3 Å². The number of allylic oxidation sites excluding steroid dienone is 1. The second-order valence-corrected chi connectivity index (χ2v) is 7.11. The van der Waals surface area contributed by atoms with Gasteiger partial charge >= 0.3 is 6.03 Å². The molecule has 5 heteroatoms. The predicted molar refractivity (Wildman–Crippen MR) is 90.0 cm³/mol. The van der Waals surface area contributed by atoms with Crippen LogP contribution in [0.25, 0.3) is 0 Å². The maximum Gasteiger partial charge on any atom is 0.317 e. The second kappa shape index (κ2) is 8.44. The summed E-state index contributed by atoms with van der Waals surface area (Å²) in [6, 6.07) is 3.87. The van der Waals surface area contributed by atoms with Crippen LogP contribution in [0, 0.1) is 0 Å². The Labute approximate surface area is 136 Å². The van der Waals surface area contributed by atoms with Gasteiger partial charge in [-0.2, -0.15) is 0 Å². The van der Waals surface area contributed by atoms with Crippen molar-refractivity contribution in [3.8, 4) is 0 Å². The van der Waals surface area contributed by atoms with Gasteiger partial charge in [-0.3, -0.25) is 0 Å². The van der Waals surface area contributed by atoms with Gasteiger partial charge in [0.05, 0.1) is 10.9 Å². The van der Waals surface area contributed by atoms with Crippen molar-refractivity contribution in [2.45, 2.75) is 45.6 Å². The van der Waals surface area contributed by atoms with Gasteiger partial charge in [-0.15, -0.1) is 11.3 Å². The first kappa shape index (κ1) is 16.4. The van der Waals surface area contributed by atoms with Crippen LogP contribution in [0.1, 0.15) is 43.9 Å². The minimum absolute atomic E-state index is 0.0124. The van der Waals surface area contributed by atoms with Crippen LogP contribution < -0.4 is 5.32 Å². The van der Waals surface area contributed by atoms with Crippen molar-refractivity contribution in [2.75, 3.05) is 13.1 Å². The molecule has 0 saturated carbocycles. The van der Waals surface area contributed by atoms with Crippen LogP contribution in [0.3, 0.4) is 0 Å². The fraction of sp³-hybridized carbons (Fsp3) is 0.562. The minimum atomic E-state index is 0.0124. The van der Waals surface area contributed by atoms with Crippen molar-refractivity contribution in [1.82, 2.24) is 10.2 Å². The van der Waals surface area contributed by atoms with Gasteiger partial charge in [-0.05, 0) is 51.2 Å². The maximum absolute atomic E-state index is 12.2. The average Bonchev–Trinajstić information content (AvgIpc) is 2.91. The van der Waals surface area contributed by atoms with E-state index in [4.69, 9.17) is 11.6 Å². The van der Waals surface area contributed by atoms with Crippen LogP contribution in [-0.2, 0) is 6.54 Å². The molecule has 0 spiro atoms. The Kier molecular flexibility index (Phi) is 6.58. The van der Waals surface area contributed by atoms with E-state index in [9.17, 15) is 4.79 Å². The predicted octanol–water partition coefficient (Wildman–Crippen LogP) is 4.82. The molecule has 0 bridgehead atoms. The molecule has 1 aliphatic carbocycles. The molecule has 0 radical (unpaired) electrons. The van der Waals surface area contributed by atoms with Crippen molar-refractivity contribution in [1.29, 1.82) is 0 Å².